The van der Waals surface area contributed by atoms with Crippen LogP contribution in [0.4, 0.5) is 0 Å². The molecule has 35 heavy (non-hydrogen) atoms. The molecule has 0 saturated heterocycles. The van der Waals surface area contributed by atoms with Gasteiger partial charge in [-0.05, 0) is 36.6 Å². The van der Waals surface area contributed by atoms with Crippen LogP contribution in [-0.2, 0) is 24.4 Å². The minimum Gasteiger partial charge on any atom is -0.348 e. The third kappa shape index (κ3) is 5.95. The Morgan fingerprint density at radius 1 is 1.00 bits per heavy atom. The van der Waals surface area contributed by atoms with Gasteiger partial charge in [0.1, 0.15) is 6.54 Å². The molecule has 0 aliphatic heterocycles. The number of hydrogen-bond donors (Lipinski definition) is 1. The molecule has 0 aliphatic carbocycles. The number of aromatic nitrogens is 2. The lowest BCUT2D eigenvalue weighted by molar-refractivity contribution is -0.131. The van der Waals surface area contributed by atoms with E-state index in [1.807, 2.05) is 44.2 Å². The highest BCUT2D eigenvalue weighted by atomic mass is 16.2. The molecule has 0 aliphatic rings. The molecule has 3 aromatic rings. The van der Waals surface area contributed by atoms with Crippen molar-refractivity contribution in [2.24, 2.45) is 0 Å². The molecule has 0 unspecified atom stereocenters. The van der Waals surface area contributed by atoms with Crippen LogP contribution in [0.1, 0.15) is 42.6 Å². The van der Waals surface area contributed by atoms with Gasteiger partial charge in [-0.25, -0.2) is 4.79 Å². The molecule has 0 bridgehead atoms. The van der Waals surface area contributed by atoms with Crippen LogP contribution in [0.3, 0.4) is 0 Å². The van der Waals surface area contributed by atoms with Gasteiger partial charge in [0, 0.05) is 31.7 Å². The van der Waals surface area contributed by atoms with Crippen molar-refractivity contribution in [3.05, 3.63) is 93.2 Å². The number of nitrogens with zero attached hydrogens (tertiary/aromatic N) is 3. The topological polar surface area (TPSA) is 93.4 Å². The Balaban J connectivity index is 2.04. The van der Waals surface area contributed by atoms with Crippen LogP contribution in [-0.4, -0.2) is 38.9 Å². The summed E-state index contributed by atoms with van der Waals surface area (Å²) in [6.07, 6.45) is 3.05. The maximum Gasteiger partial charge on any atom is 0.332 e. The fourth-order valence-electron chi connectivity index (χ4n) is 4.02. The second-order valence-electron chi connectivity index (χ2n) is 8.35. The Labute approximate surface area is 204 Å². The summed E-state index contributed by atoms with van der Waals surface area (Å²) in [4.78, 5) is 53.9. The molecule has 1 aromatic heterocycles. The van der Waals surface area contributed by atoms with Crippen LogP contribution in [0.25, 0.3) is 10.9 Å². The SMILES string of the molecule is C=CCn1c(=O)c2ccc(C(=O)NCc3ccccc3)cc2n(CC(=O)N(CCC)CCC)c1=O. The van der Waals surface area contributed by atoms with E-state index in [1.54, 1.807) is 11.0 Å². The minimum atomic E-state index is -0.606. The van der Waals surface area contributed by atoms with E-state index >= 15 is 0 Å². The normalized spacial score (nSPS) is 10.8. The van der Waals surface area contributed by atoms with Gasteiger partial charge in [-0.2, -0.15) is 0 Å². The quantitative estimate of drug-likeness (QED) is 0.431. The summed E-state index contributed by atoms with van der Waals surface area (Å²) in [6, 6.07) is 14.1. The first kappa shape index (κ1) is 25.7. The fourth-order valence-corrected chi connectivity index (χ4v) is 4.02. The molecule has 1 N–H and O–H groups in total. The highest BCUT2D eigenvalue weighted by molar-refractivity contribution is 5.97. The predicted molar refractivity (Wildman–Crippen MR) is 137 cm³/mol. The van der Waals surface area contributed by atoms with Crippen molar-refractivity contribution in [3.63, 3.8) is 0 Å². The Bertz CT molecular complexity index is 1320. The number of hydrogen-bond acceptors (Lipinski definition) is 4. The van der Waals surface area contributed by atoms with Crippen molar-refractivity contribution in [1.82, 2.24) is 19.4 Å². The third-order valence-corrected chi connectivity index (χ3v) is 5.73. The van der Waals surface area contributed by atoms with Crippen LogP contribution in [0.15, 0.2) is 70.8 Å². The van der Waals surface area contributed by atoms with E-state index in [-0.39, 0.29) is 35.8 Å². The van der Waals surface area contributed by atoms with E-state index in [0.717, 1.165) is 23.0 Å². The summed E-state index contributed by atoms with van der Waals surface area (Å²) in [5, 5.41) is 3.12. The minimum absolute atomic E-state index is 0.0226. The molecule has 0 radical (unpaired) electrons. The second kappa shape index (κ2) is 12.0. The molecular formula is C27H32N4O4. The Kier molecular flexibility index (Phi) is 8.78. The first-order chi connectivity index (χ1) is 16.9. The Morgan fingerprint density at radius 3 is 2.31 bits per heavy atom. The molecule has 0 spiro atoms. The highest BCUT2D eigenvalue weighted by Crippen LogP contribution is 2.13. The summed E-state index contributed by atoms with van der Waals surface area (Å²) in [7, 11) is 0. The van der Waals surface area contributed by atoms with Crippen LogP contribution in [0.2, 0.25) is 0 Å². The molecular weight excluding hydrogens is 444 g/mol. The predicted octanol–water partition coefficient (Wildman–Crippen LogP) is 2.93. The molecule has 1 heterocycles. The zero-order valence-corrected chi connectivity index (χ0v) is 20.3. The maximum atomic E-state index is 13.3. The van der Waals surface area contributed by atoms with Gasteiger partial charge in [-0.3, -0.25) is 23.5 Å². The molecule has 0 atom stereocenters. The number of nitrogens with one attached hydrogen (secondary N) is 1. The lowest BCUT2D eigenvalue weighted by Crippen LogP contribution is -2.43. The van der Waals surface area contributed by atoms with Crippen LogP contribution in [0.5, 0.6) is 0 Å². The van der Waals surface area contributed by atoms with Gasteiger partial charge in [0.15, 0.2) is 0 Å². The van der Waals surface area contributed by atoms with Gasteiger partial charge in [0.25, 0.3) is 11.5 Å². The van der Waals surface area contributed by atoms with E-state index in [2.05, 4.69) is 11.9 Å². The van der Waals surface area contributed by atoms with Gasteiger partial charge in [0.2, 0.25) is 5.91 Å². The molecule has 2 aromatic carbocycles. The largest absolute Gasteiger partial charge is 0.348 e. The van der Waals surface area contributed by atoms with Gasteiger partial charge in [0.05, 0.1) is 10.9 Å². The van der Waals surface area contributed by atoms with Crippen molar-refractivity contribution < 1.29 is 9.59 Å². The molecule has 184 valence electrons. The van der Waals surface area contributed by atoms with E-state index in [9.17, 15) is 19.2 Å². The van der Waals surface area contributed by atoms with Crippen LogP contribution in [0, 0.1) is 0 Å². The Hall–Kier alpha value is -3.94. The van der Waals surface area contributed by atoms with Crippen molar-refractivity contribution in [1.29, 1.82) is 0 Å². The van der Waals surface area contributed by atoms with Gasteiger partial charge < -0.3 is 10.2 Å². The molecule has 8 heteroatoms. The van der Waals surface area contributed by atoms with Gasteiger partial charge >= 0.3 is 5.69 Å². The van der Waals surface area contributed by atoms with E-state index in [1.165, 1.54) is 22.8 Å². The first-order valence-electron chi connectivity index (χ1n) is 11.9. The third-order valence-electron chi connectivity index (χ3n) is 5.73. The monoisotopic (exact) mass is 476 g/mol. The smallest absolute Gasteiger partial charge is 0.332 e. The number of benzene rings is 2. The average Bonchev–Trinajstić information content (AvgIpc) is 2.87. The Morgan fingerprint density at radius 2 is 1.69 bits per heavy atom. The molecule has 3 rings (SSSR count). The van der Waals surface area contributed by atoms with Gasteiger partial charge in [-0.1, -0.05) is 50.3 Å². The van der Waals surface area contributed by atoms with Crippen LogP contribution < -0.4 is 16.6 Å². The molecule has 8 nitrogen and oxygen atoms in total. The lowest BCUT2D eigenvalue weighted by Gasteiger charge is -2.23. The summed E-state index contributed by atoms with van der Waals surface area (Å²) < 4.78 is 2.34. The maximum absolute atomic E-state index is 13.3. The number of carbonyl (C=O) groups excluding carboxylic acids is 2. The zero-order valence-electron chi connectivity index (χ0n) is 20.3. The van der Waals surface area contributed by atoms with E-state index in [4.69, 9.17) is 0 Å². The number of allylic oxidation sites excluding steroid dienone is 1. The van der Waals surface area contributed by atoms with Crippen LogP contribution >= 0.6 is 0 Å². The van der Waals surface area contributed by atoms with E-state index in [0.29, 0.717) is 25.2 Å². The standard InChI is InChI=1S/C27H32N4O4/c1-4-14-29(15-5-2)24(32)19-31-23-17-21(25(33)28-18-20-10-8-7-9-11-20)12-13-22(23)26(34)30(16-6-3)27(31)35/h6-13,17H,3-5,14-16,18-19H2,1-2H3,(H,28,33). The number of rotatable bonds is 11. The fraction of sp³-hybridized carbons (Fsp3) is 0.333. The second-order valence-corrected chi connectivity index (χ2v) is 8.35. The van der Waals surface area contributed by atoms with Gasteiger partial charge in [-0.15, -0.1) is 6.58 Å². The number of carbonyl (C=O) groups is 2. The van der Waals surface area contributed by atoms with Crippen molar-refractivity contribution in [3.8, 4) is 0 Å². The summed E-state index contributed by atoms with van der Waals surface area (Å²) in [5.74, 6) is -0.547. The number of amides is 2. The number of fused-ring (bicyclic) bond motifs is 1. The molecule has 2 amide bonds. The van der Waals surface area contributed by atoms with Crippen molar-refractivity contribution in [2.75, 3.05) is 13.1 Å². The van der Waals surface area contributed by atoms with E-state index < -0.39 is 11.2 Å². The summed E-state index contributed by atoms with van der Waals surface area (Å²) >= 11 is 0. The molecule has 0 fully saturated rings. The zero-order chi connectivity index (χ0) is 25.4. The molecule has 0 saturated carbocycles. The van der Waals surface area contributed by atoms with Crippen molar-refractivity contribution in [2.45, 2.75) is 46.3 Å². The summed E-state index contributed by atoms with van der Waals surface area (Å²) in [5.41, 5.74) is 0.417. The average molecular weight is 477 g/mol. The first-order valence-corrected chi connectivity index (χ1v) is 11.9. The van der Waals surface area contributed by atoms with Crippen molar-refractivity contribution >= 4 is 22.7 Å². The lowest BCUT2D eigenvalue weighted by atomic mass is 10.1. The highest BCUT2D eigenvalue weighted by Gasteiger charge is 2.19. The summed E-state index contributed by atoms with van der Waals surface area (Å²) in [6.45, 7) is 8.92.